The zero-order valence-electron chi connectivity index (χ0n) is 19.4. The first-order valence-electron chi connectivity index (χ1n) is 10.9. The summed E-state index contributed by atoms with van der Waals surface area (Å²) in [5, 5.41) is 16.9. The van der Waals surface area contributed by atoms with Crippen molar-refractivity contribution in [3.63, 3.8) is 0 Å². The van der Waals surface area contributed by atoms with Gasteiger partial charge < -0.3 is 26.8 Å². The molecule has 1 aromatic carbocycles. The molecule has 0 radical (unpaired) electrons. The van der Waals surface area contributed by atoms with Gasteiger partial charge in [0.05, 0.1) is 6.04 Å². The third-order valence-electron chi connectivity index (χ3n) is 5.01. The van der Waals surface area contributed by atoms with E-state index in [4.69, 9.17) is 10.8 Å². The molecule has 0 saturated heterocycles. The lowest BCUT2D eigenvalue weighted by molar-refractivity contribution is -0.141. The highest BCUT2D eigenvalue weighted by Crippen LogP contribution is 2.09. The van der Waals surface area contributed by atoms with Crippen LogP contribution in [0.25, 0.3) is 0 Å². The highest BCUT2D eigenvalue weighted by molar-refractivity contribution is 5.94. The maximum Gasteiger partial charge on any atom is 0.325 e. The fourth-order valence-electron chi connectivity index (χ4n) is 2.98. The maximum atomic E-state index is 13.1. The molecule has 32 heavy (non-hydrogen) atoms. The summed E-state index contributed by atoms with van der Waals surface area (Å²) in [5.41, 5.74) is 6.70. The second-order valence-corrected chi connectivity index (χ2v) is 8.78. The first kappa shape index (κ1) is 27.1. The maximum absolute atomic E-state index is 13.1. The summed E-state index contributed by atoms with van der Waals surface area (Å²) in [6.07, 6.45) is 0.520. The molecule has 0 fully saturated rings. The van der Waals surface area contributed by atoms with Crippen LogP contribution in [-0.4, -0.2) is 53.0 Å². The largest absolute Gasteiger partial charge is 0.480 e. The number of benzene rings is 1. The van der Waals surface area contributed by atoms with Crippen molar-refractivity contribution < 1.29 is 24.3 Å². The minimum Gasteiger partial charge on any atom is -0.480 e. The number of hydrogen-bond acceptors (Lipinski definition) is 5. The van der Waals surface area contributed by atoms with E-state index in [1.165, 1.54) is 6.92 Å². The van der Waals surface area contributed by atoms with Crippen LogP contribution < -0.4 is 21.7 Å². The van der Waals surface area contributed by atoms with Crippen molar-refractivity contribution >= 4 is 23.7 Å². The summed E-state index contributed by atoms with van der Waals surface area (Å²) in [6.45, 7) is 8.79. The normalized spacial score (nSPS) is 14.9. The standard InChI is InChI=1S/C23H36N4O5/c1-13(2)11-17(27-22(30)19(24)14(3)4)21(29)26-18(12-16-9-7-6-8-10-16)20(28)25-15(5)23(31)32/h6-10,13-15,17-19H,11-12,24H2,1-5H3,(H,25,28)(H,26,29)(H,27,30)(H,31,32). The monoisotopic (exact) mass is 448 g/mol. The van der Waals surface area contributed by atoms with Crippen LogP contribution in [0.2, 0.25) is 0 Å². The Morgan fingerprint density at radius 2 is 1.38 bits per heavy atom. The smallest absolute Gasteiger partial charge is 0.325 e. The summed E-state index contributed by atoms with van der Waals surface area (Å²) >= 11 is 0. The number of nitrogens with two attached hydrogens (primary N) is 1. The quantitative estimate of drug-likeness (QED) is 0.319. The Bertz CT molecular complexity index is 782. The Balaban J connectivity index is 3.05. The fraction of sp³-hybridized carbons (Fsp3) is 0.565. The van der Waals surface area contributed by atoms with Gasteiger partial charge in [0.25, 0.3) is 0 Å². The van der Waals surface area contributed by atoms with Gasteiger partial charge >= 0.3 is 5.97 Å². The molecule has 0 heterocycles. The van der Waals surface area contributed by atoms with Crippen LogP contribution in [0.15, 0.2) is 30.3 Å². The molecule has 0 aliphatic carbocycles. The molecule has 9 nitrogen and oxygen atoms in total. The number of aliphatic carboxylic acids is 1. The van der Waals surface area contributed by atoms with Crippen LogP contribution in [0.4, 0.5) is 0 Å². The first-order valence-corrected chi connectivity index (χ1v) is 10.9. The Morgan fingerprint density at radius 3 is 1.88 bits per heavy atom. The molecule has 6 N–H and O–H groups in total. The van der Waals surface area contributed by atoms with Crippen LogP contribution >= 0.6 is 0 Å². The fourth-order valence-corrected chi connectivity index (χ4v) is 2.98. The van der Waals surface area contributed by atoms with E-state index in [9.17, 15) is 19.2 Å². The predicted molar refractivity (Wildman–Crippen MR) is 122 cm³/mol. The molecule has 178 valence electrons. The second kappa shape index (κ2) is 12.8. The topological polar surface area (TPSA) is 151 Å². The number of carbonyl (C=O) groups is 4. The van der Waals surface area contributed by atoms with Crippen molar-refractivity contribution in [1.82, 2.24) is 16.0 Å². The Hall–Kier alpha value is -2.94. The molecule has 0 aliphatic heterocycles. The van der Waals surface area contributed by atoms with Gasteiger partial charge in [-0.15, -0.1) is 0 Å². The second-order valence-electron chi connectivity index (χ2n) is 8.78. The van der Waals surface area contributed by atoms with Gasteiger partial charge in [-0.3, -0.25) is 19.2 Å². The molecule has 4 atom stereocenters. The van der Waals surface area contributed by atoms with Gasteiger partial charge in [0.15, 0.2) is 0 Å². The third kappa shape index (κ3) is 9.05. The van der Waals surface area contributed by atoms with Crippen LogP contribution in [0.5, 0.6) is 0 Å². The molecular weight excluding hydrogens is 412 g/mol. The third-order valence-corrected chi connectivity index (χ3v) is 5.01. The molecule has 9 heteroatoms. The zero-order chi connectivity index (χ0) is 24.4. The zero-order valence-corrected chi connectivity index (χ0v) is 19.4. The average Bonchev–Trinajstić information content (AvgIpc) is 2.72. The molecule has 1 aromatic rings. The van der Waals surface area contributed by atoms with Crippen molar-refractivity contribution in [3.05, 3.63) is 35.9 Å². The van der Waals surface area contributed by atoms with Crippen molar-refractivity contribution in [2.24, 2.45) is 17.6 Å². The lowest BCUT2D eigenvalue weighted by Crippen LogP contribution is -2.58. The van der Waals surface area contributed by atoms with Gasteiger partial charge in [-0.1, -0.05) is 58.0 Å². The molecule has 3 amide bonds. The number of amides is 3. The highest BCUT2D eigenvalue weighted by Gasteiger charge is 2.30. The van der Waals surface area contributed by atoms with Crippen LogP contribution in [0.1, 0.15) is 46.6 Å². The number of hydrogen-bond donors (Lipinski definition) is 5. The Morgan fingerprint density at radius 1 is 0.844 bits per heavy atom. The molecular formula is C23H36N4O5. The van der Waals surface area contributed by atoms with E-state index in [1.807, 2.05) is 45.9 Å². The minimum absolute atomic E-state index is 0.0924. The predicted octanol–water partition coefficient (Wildman–Crippen LogP) is 0.817. The molecule has 0 aliphatic rings. The number of carboxylic acid groups (broad SMARTS) is 1. The Labute approximate surface area is 189 Å². The molecule has 4 unspecified atom stereocenters. The molecule has 0 spiro atoms. The lowest BCUT2D eigenvalue weighted by Gasteiger charge is -2.26. The van der Waals surface area contributed by atoms with Gasteiger partial charge in [-0.25, -0.2) is 0 Å². The Kier molecular flexibility index (Phi) is 10.8. The van der Waals surface area contributed by atoms with Crippen LogP contribution in [0, 0.1) is 11.8 Å². The number of rotatable bonds is 12. The number of nitrogens with one attached hydrogen (secondary N) is 3. The van der Waals surface area contributed by atoms with Crippen molar-refractivity contribution in [3.8, 4) is 0 Å². The number of carboxylic acids is 1. The molecule has 0 bridgehead atoms. The minimum atomic E-state index is -1.18. The van der Waals surface area contributed by atoms with Gasteiger partial charge in [-0.05, 0) is 30.7 Å². The highest BCUT2D eigenvalue weighted by atomic mass is 16.4. The van der Waals surface area contributed by atoms with E-state index in [0.717, 1.165) is 5.56 Å². The molecule has 0 aromatic heterocycles. The van der Waals surface area contributed by atoms with Crippen LogP contribution in [-0.2, 0) is 25.6 Å². The van der Waals surface area contributed by atoms with Gasteiger partial charge in [-0.2, -0.15) is 0 Å². The van der Waals surface area contributed by atoms with E-state index < -0.39 is 47.9 Å². The van der Waals surface area contributed by atoms with Crippen molar-refractivity contribution in [2.45, 2.75) is 71.6 Å². The van der Waals surface area contributed by atoms with E-state index in [0.29, 0.717) is 6.42 Å². The van der Waals surface area contributed by atoms with Gasteiger partial charge in [0, 0.05) is 6.42 Å². The summed E-state index contributed by atoms with van der Waals surface area (Å²) in [6, 6.07) is 5.28. The van der Waals surface area contributed by atoms with Gasteiger partial charge in [0.1, 0.15) is 18.1 Å². The van der Waals surface area contributed by atoms with E-state index in [-0.39, 0.29) is 18.3 Å². The first-order chi connectivity index (χ1) is 14.9. The van der Waals surface area contributed by atoms with Crippen molar-refractivity contribution in [2.75, 3.05) is 0 Å². The lowest BCUT2D eigenvalue weighted by atomic mass is 9.99. The molecule has 0 saturated carbocycles. The van der Waals surface area contributed by atoms with Crippen molar-refractivity contribution in [1.29, 1.82) is 0 Å². The summed E-state index contributed by atoms with van der Waals surface area (Å²) in [7, 11) is 0. The summed E-state index contributed by atoms with van der Waals surface area (Å²) in [4.78, 5) is 49.4. The molecule has 1 rings (SSSR count). The number of carbonyl (C=O) groups excluding carboxylic acids is 3. The SMILES string of the molecule is CC(C)CC(NC(=O)C(N)C(C)C)C(=O)NC(Cc1ccccc1)C(=O)NC(C)C(=O)O. The van der Waals surface area contributed by atoms with E-state index >= 15 is 0 Å². The van der Waals surface area contributed by atoms with E-state index in [1.54, 1.807) is 12.1 Å². The van der Waals surface area contributed by atoms with Gasteiger partial charge in [0.2, 0.25) is 17.7 Å². The van der Waals surface area contributed by atoms with Crippen LogP contribution in [0.3, 0.4) is 0 Å². The average molecular weight is 449 g/mol. The summed E-state index contributed by atoms with van der Waals surface area (Å²) < 4.78 is 0. The summed E-state index contributed by atoms with van der Waals surface area (Å²) in [5.74, 6) is -2.78. The van der Waals surface area contributed by atoms with E-state index in [2.05, 4.69) is 16.0 Å².